The van der Waals surface area contributed by atoms with Crippen molar-refractivity contribution in [3.05, 3.63) is 52.7 Å². The maximum Gasteiger partial charge on any atom is 0.287 e. The molecule has 10 nitrogen and oxygen atoms in total. The molecular weight excluding hydrogens is 366 g/mol. The van der Waals surface area contributed by atoms with Crippen molar-refractivity contribution in [3.63, 3.8) is 0 Å². The van der Waals surface area contributed by atoms with E-state index in [1.807, 2.05) is 0 Å². The van der Waals surface area contributed by atoms with Crippen LogP contribution in [0.2, 0.25) is 0 Å². The summed E-state index contributed by atoms with van der Waals surface area (Å²) in [7, 11) is 1.54. The number of hydrogen-bond acceptors (Lipinski definition) is 8. The predicted molar refractivity (Wildman–Crippen MR) is 101 cm³/mol. The minimum Gasteiger partial charge on any atom is -0.497 e. The van der Waals surface area contributed by atoms with Gasteiger partial charge in [0.25, 0.3) is 11.6 Å². The highest BCUT2D eigenvalue weighted by Gasteiger charge is 2.39. The Balaban J connectivity index is 1.50. The minimum atomic E-state index is -0.596. The number of nitro groups is 1. The molecule has 2 amide bonds. The molecule has 1 aromatic carbocycles. The lowest BCUT2D eigenvalue weighted by molar-refractivity contribution is -0.385. The van der Waals surface area contributed by atoms with Gasteiger partial charge >= 0.3 is 0 Å². The maximum absolute atomic E-state index is 12.6. The maximum atomic E-state index is 12.6. The largest absolute Gasteiger partial charge is 0.497 e. The number of ether oxygens (including phenoxy) is 1. The van der Waals surface area contributed by atoms with Crippen molar-refractivity contribution in [2.75, 3.05) is 30.4 Å². The number of hydrogen-bond donors (Lipinski definition) is 2. The van der Waals surface area contributed by atoms with Gasteiger partial charge in [0.05, 0.1) is 30.2 Å². The van der Waals surface area contributed by atoms with E-state index in [9.17, 15) is 19.7 Å². The summed E-state index contributed by atoms with van der Waals surface area (Å²) >= 11 is 0. The zero-order chi connectivity index (χ0) is 20.1. The standard InChI is InChI=1S/C18H19N5O5/c1-28-14-5-2-12(3-6-14)22-17(24)10-15(18(22)25)19-8-9-20-16-7-4-13(11-21-16)23(26)27/h2-7,11,15,19H,8-10H2,1H3,(H,20,21)/t15-/m0/s1. The number of amides is 2. The van der Waals surface area contributed by atoms with Crippen LogP contribution in [0, 0.1) is 10.1 Å². The minimum absolute atomic E-state index is 0.0840. The Morgan fingerprint density at radius 1 is 1.21 bits per heavy atom. The van der Waals surface area contributed by atoms with E-state index in [1.165, 1.54) is 23.2 Å². The van der Waals surface area contributed by atoms with Crippen LogP contribution in [0.25, 0.3) is 0 Å². The third kappa shape index (κ3) is 4.23. The number of anilines is 2. The Labute approximate surface area is 160 Å². The van der Waals surface area contributed by atoms with E-state index in [4.69, 9.17) is 4.74 Å². The molecule has 0 aliphatic carbocycles. The van der Waals surface area contributed by atoms with Crippen molar-refractivity contribution in [1.29, 1.82) is 0 Å². The predicted octanol–water partition coefficient (Wildman–Crippen LogP) is 1.33. The van der Waals surface area contributed by atoms with Gasteiger partial charge in [0.15, 0.2) is 0 Å². The van der Waals surface area contributed by atoms with Crippen LogP contribution in [0.3, 0.4) is 0 Å². The zero-order valence-electron chi connectivity index (χ0n) is 15.1. The molecule has 0 spiro atoms. The number of aromatic nitrogens is 1. The molecule has 1 aromatic heterocycles. The van der Waals surface area contributed by atoms with E-state index >= 15 is 0 Å². The molecule has 1 saturated heterocycles. The van der Waals surface area contributed by atoms with Crippen molar-refractivity contribution in [3.8, 4) is 5.75 Å². The third-order valence-corrected chi connectivity index (χ3v) is 4.26. The summed E-state index contributed by atoms with van der Waals surface area (Å²) in [6.07, 6.45) is 1.25. The molecule has 10 heteroatoms. The topological polar surface area (TPSA) is 127 Å². The van der Waals surface area contributed by atoms with Crippen LogP contribution < -0.4 is 20.3 Å². The fourth-order valence-corrected chi connectivity index (χ4v) is 2.83. The molecule has 2 N–H and O–H groups in total. The number of rotatable bonds is 8. The molecule has 0 saturated carbocycles. The smallest absolute Gasteiger partial charge is 0.287 e. The lowest BCUT2D eigenvalue weighted by Crippen LogP contribution is -2.40. The molecule has 0 radical (unpaired) electrons. The van der Waals surface area contributed by atoms with Crippen molar-refractivity contribution in [1.82, 2.24) is 10.3 Å². The first-order valence-corrected chi connectivity index (χ1v) is 8.58. The summed E-state index contributed by atoms with van der Waals surface area (Å²) in [5.74, 6) is 0.561. The van der Waals surface area contributed by atoms with Crippen LogP contribution in [-0.2, 0) is 9.59 Å². The van der Waals surface area contributed by atoms with Crippen molar-refractivity contribution in [2.24, 2.45) is 0 Å². The Bertz CT molecular complexity index is 869. The summed E-state index contributed by atoms with van der Waals surface area (Å²) < 4.78 is 5.08. The fourth-order valence-electron chi connectivity index (χ4n) is 2.83. The van der Waals surface area contributed by atoms with E-state index in [0.717, 1.165) is 0 Å². The van der Waals surface area contributed by atoms with Crippen LogP contribution in [0.1, 0.15) is 6.42 Å². The SMILES string of the molecule is COc1ccc(N2C(=O)C[C@H](NCCNc3ccc([N+](=O)[O-])cn3)C2=O)cc1. The molecule has 1 atom stereocenters. The monoisotopic (exact) mass is 385 g/mol. The Kier molecular flexibility index (Phi) is 5.80. The van der Waals surface area contributed by atoms with Gasteiger partial charge in [-0.25, -0.2) is 9.88 Å². The molecule has 146 valence electrons. The molecule has 2 heterocycles. The zero-order valence-corrected chi connectivity index (χ0v) is 15.1. The van der Waals surface area contributed by atoms with Crippen LogP contribution in [0.4, 0.5) is 17.2 Å². The Morgan fingerprint density at radius 2 is 1.96 bits per heavy atom. The number of methoxy groups -OCH3 is 1. The Morgan fingerprint density at radius 3 is 2.57 bits per heavy atom. The van der Waals surface area contributed by atoms with Gasteiger partial charge in [-0.3, -0.25) is 19.7 Å². The van der Waals surface area contributed by atoms with Gasteiger partial charge in [0, 0.05) is 19.2 Å². The highest BCUT2D eigenvalue weighted by Crippen LogP contribution is 2.25. The van der Waals surface area contributed by atoms with E-state index in [1.54, 1.807) is 31.4 Å². The number of benzene rings is 1. The van der Waals surface area contributed by atoms with Crippen LogP contribution >= 0.6 is 0 Å². The van der Waals surface area contributed by atoms with Crippen LogP contribution in [0.15, 0.2) is 42.6 Å². The molecule has 2 aromatic rings. The van der Waals surface area contributed by atoms with Gasteiger partial charge in [-0.1, -0.05) is 0 Å². The summed E-state index contributed by atoms with van der Waals surface area (Å²) in [5.41, 5.74) is 0.422. The molecule has 28 heavy (non-hydrogen) atoms. The van der Waals surface area contributed by atoms with E-state index in [-0.39, 0.29) is 23.9 Å². The molecule has 1 fully saturated rings. The summed E-state index contributed by atoms with van der Waals surface area (Å²) in [4.78, 5) is 40.0. The number of pyridine rings is 1. The summed E-state index contributed by atoms with van der Waals surface area (Å²) in [5, 5.41) is 16.6. The molecule has 0 bridgehead atoms. The molecule has 1 aliphatic rings. The van der Waals surface area contributed by atoms with Gasteiger partial charge in [0.2, 0.25) is 5.91 Å². The van der Waals surface area contributed by atoms with E-state index in [0.29, 0.717) is 30.3 Å². The first kappa shape index (κ1) is 19.2. The average Bonchev–Trinajstić information content (AvgIpc) is 2.99. The van der Waals surface area contributed by atoms with Crippen molar-refractivity contribution < 1.29 is 19.2 Å². The van der Waals surface area contributed by atoms with Gasteiger partial charge in [-0.2, -0.15) is 0 Å². The number of nitrogens with zero attached hydrogens (tertiary/aromatic N) is 3. The number of carbonyl (C=O) groups excluding carboxylic acids is 2. The molecule has 3 rings (SSSR count). The highest BCUT2D eigenvalue weighted by molar-refractivity contribution is 6.22. The number of carbonyl (C=O) groups is 2. The van der Waals surface area contributed by atoms with Gasteiger partial charge in [0.1, 0.15) is 17.8 Å². The third-order valence-electron chi connectivity index (χ3n) is 4.26. The van der Waals surface area contributed by atoms with Gasteiger partial charge in [-0.05, 0) is 30.3 Å². The lowest BCUT2D eigenvalue weighted by atomic mass is 10.2. The first-order valence-electron chi connectivity index (χ1n) is 8.58. The second kappa shape index (κ2) is 8.44. The number of imide groups is 1. The molecular formula is C18H19N5O5. The van der Waals surface area contributed by atoms with Crippen LogP contribution in [0.5, 0.6) is 5.75 Å². The van der Waals surface area contributed by atoms with E-state index < -0.39 is 11.0 Å². The average molecular weight is 385 g/mol. The van der Waals surface area contributed by atoms with Crippen molar-refractivity contribution in [2.45, 2.75) is 12.5 Å². The second-order valence-corrected chi connectivity index (χ2v) is 6.06. The fraction of sp³-hybridized carbons (Fsp3) is 0.278. The quantitative estimate of drug-likeness (QED) is 0.302. The van der Waals surface area contributed by atoms with Gasteiger partial charge < -0.3 is 15.4 Å². The first-order chi connectivity index (χ1) is 13.5. The number of nitrogens with one attached hydrogen (secondary N) is 2. The van der Waals surface area contributed by atoms with Crippen LogP contribution in [-0.4, -0.2) is 48.0 Å². The molecule has 1 aliphatic heterocycles. The lowest BCUT2D eigenvalue weighted by Gasteiger charge is -2.16. The highest BCUT2D eigenvalue weighted by atomic mass is 16.6. The summed E-state index contributed by atoms with van der Waals surface area (Å²) in [6, 6.07) is 8.98. The van der Waals surface area contributed by atoms with Gasteiger partial charge in [-0.15, -0.1) is 0 Å². The molecule has 0 unspecified atom stereocenters. The second-order valence-electron chi connectivity index (χ2n) is 6.06. The van der Waals surface area contributed by atoms with E-state index in [2.05, 4.69) is 15.6 Å². The Hall–Kier alpha value is -3.53. The van der Waals surface area contributed by atoms with Crippen molar-refractivity contribution >= 4 is 29.0 Å². The normalized spacial score (nSPS) is 16.3. The summed E-state index contributed by atoms with van der Waals surface area (Å²) in [6.45, 7) is 0.851.